The molecule has 0 saturated carbocycles. The van der Waals surface area contributed by atoms with Crippen LogP contribution in [0.4, 0.5) is 0 Å². The number of aromatic nitrogens is 2. The summed E-state index contributed by atoms with van der Waals surface area (Å²) in [4.78, 5) is 7.04. The Morgan fingerprint density at radius 2 is 2.07 bits per heavy atom. The molecule has 0 aliphatic heterocycles. The number of nitrogens with zero attached hydrogens (tertiary/aromatic N) is 1. The average Bonchev–Trinajstić information content (AvgIpc) is 2.69. The van der Waals surface area contributed by atoms with Crippen LogP contribution >= 0.6 is 23.2 Å². The van der Waals surface area contributed by atoms with E-state index in [4.69, 9.17) is 23.2 Å². The summed E-state index contributed by atoms with van der Waals surface area (Å²) in [7, 11) is 0. The van der Waals surface area contributed by atoms with Crippen LogP contribution in [-0.2, 0) is 0 Å². The molecule has 76 valence electrons. The molecule has 0 fully saturated rings. The Labute approximate surface area is 97.6 Å². The van der Waals surface area contributed by atoms with Gasteiger partial charge in [-0.1, -0.05) is 29.3 Å². The van der Waals surface area contributed by atoms with Gasteiger partial charge < -0.3 is 4.98 Å². The third-order valence-corrected chi connectivity index (χ3v) is 2.47. The van der Waals surface area contributed by atoms with Crippen LogP contribution in [0.5, 0.6) is 0 Å². The minimum absolute atomic E-state index is 0.630. The van der Waals surface area contributed by atoms with Gasteiger partial charge in [0.2, 0.25) is 0 Å². The number of nitrogens with one attached hydrogen (secondary N) is 1. The fourth-order valence-corrected chi connectivity index (χ4v) is 1.65. The van der Waals surface area contributed by atoms with E-state index < -0.39 is 0 Å². The molecular weight excluding hydrogens is 231 g/mol. The fourth-order valence-electron chi connectivity index (χ4n) is 1.17. The van der Waals surface area contributed by atoms with Crippen molar-refractivity contribution < 1.29 is 0 Å². The lowest BCUT2D eigenvalue weighted by Crippen LogP contribution is -1.76. The summed E-state index contributed by atoms with van der Waals surface area (Å²) in [6.07, 6.45) is 7.21. The molecule has 0 aliphatic rings. The van der Waals surface area contributed by atoms with E-state index in [9.17, 15) is 0 Å². The van der Waals surface area contributed by atoms with E-state index in [1.54, 1.807) is 24.5 Å². The minimum Gasteiger partial charge on any atom is -0.345 e. The van der Waals surface area contributed by atoms with Crippen molar-refractivity contribution in [3.05, 3.63) is 52.0 Å². The maximum absolute atomic E-state index is 6.00. The Morgan fingerprint density at radius 3 is 2.73 bits per heavy atom. The molecule has 0 bridgehead atoms. The Kier molecular flexibility index (Phi) is 3.09. The van der Waals surface area contributed by atoms with Gasteiger partial charge in [-0.3, -0.25) is 0 Å². The molecule has 0 unspecified atom stereocenters. The molecule has 2 aromatic rings. The lowest BCUT2D eigenvalue weighted by Gasteiger charge is -1.97. The van der Waals surface area contributed by atoms with Crippen molar-refractivity contribution in [2.24, 2.45) is 0 Å². The van der Waals surface area contributed by atoms with Crippen molar-refractivity contribution in [2.45, 2.75) is 0 Å². The van der Waals surface area contributed by atoms with E-state index in [1.165, 1.54) is 0 Å². The SMILES string of the molecule is Clc1ccc(C=Cc2ncc[nH]2)c(Cl)c1. The highest BCUT2D eigenvalue weighted by Gasteiger charge is 1.97. The molecule has 4 heteroatoms. The van der Waals surface area contributed by atoms with Gasteiger partial charge in [-0.15, -0.1) is 0 Å². The highest BCUT2D eigenvalue weighted by molar-refractivity contribution is 6.35. The monoisotopic (exact) mass is 238 g/mol. The summed E-state index contributed by atoms with van der Waals surface area (Å²) < 4.78 is 0. The van der Waals surface area contributed by atoms with E-state index in [-0.39, 0.29) is 0 Å². The summed E-state index contributed by atoms with van der Waals surface area (Å²) in [5.41, 5.74) is 0.914. The summed E-state index contributed by atoms with van der Waals surface area (Å²) in [5, 5.41) is 1.26. The second kappa shape index (κ2) is 4.51. The maximum atomic E-state index is 6.00. The van der Waals surface area contributed by atoms with Crippen LogP contribution in [0.1, 0.15) is 11.4 Å². The van der Waals surface area contributed by atoms with E-state index in [2.05, 4.69) is 9.97 Å². The number of halogens is 2. The fraction of sp³-hybridized carbons (Fsp3) is 0. The zero-order valence-corrected chi connectivity index (χ0v) is 9.26. The highest BCUT2D eigenvalue weighted by Crippen LogP contribution is 2.22. The van der Waals surface area contributed by atoms with Crippen LogP contribution in [0, 0.1) is 0 Å². The number of rotatable bonds is 2. The molecule has 1 aromatic heterocycles. The second-order valence-corrected chi connectivity index (χ2v) is 3.82. The normalized spacial score (nSPS) is 11.1. The topological polar surface area (TPSA) is 28.7 Å². The first kappa shape index (κ1) is 10.3. The number of aromatic amines is 1. The van der Waals surface area contributed by atoms with Gasteiger partial charge in [0.25, 0.3) is 0 Å². The van der Waals surface area contributed by atoms with Gasteiger partial charge in [-0.2, -0.15) is 0 Å². The van der Waals surface area contributed by atoms with Crippen LogP contribution in [0.15, 0.2) is 30.6 Å². The van der Waals surface area contributed by atoms with Crippen LogP contribution in [0.25, 0.3) is 12.2 Å². The number of hydrogen-bond acceptors (Lipinski definition) is 1. The van der Waals surface area contributed by atoms with Gasteiger partial charge in [-0.25, -0.2) is 4.98 Å². The first-order chi connectivity index (χ1) is 7.25. The van der Waals surface area contributed by atoms with E-state index in [1.807, 2.05) is 18.2 Å². The van der Waals surface area contributed by atoms with Crippen molar-refractivity contribution >= 4 is 35.4 Å². The summed E-state index contributed by atoms with van der Waals surface area (Å²) in [5.74, 6) is 0.793. The van der Waals surface area contributed by atoms with Crippen molar-refractivity contribution in [3.63, 3.8) is 0 Å². The number of benzene rings is 1. The van der Waals surface area contributed by atoms with E-state index in [0.29, 0.717) is 10.0 Å². The zero-order valence-electron chi connectivity index (χ0n) is 7.74. The predicted molar refractivity (Wildman–Crippen MR) is 64.0 cm³/mol. The van der Waals surface area contributed by atoms with Crippen molar-refractivity contribution in [2.75, 3.05) is 0 Å². The lowest BCUT2D eigenvalue weighted by molar-refractivity contribution is 1.27. The smallest absolute Gasteiger partial charge is 0.129 e. The molecule has 0 radical (unpaired) electrons. The molecular formula is C11H8Cl2N2. The first-order valence-electron chi connectivity index (χ1n) is 4.38. The van der Waals surface area contributed by atoms with Crippen LogP contribution in [0.2, 0.25) is 10.0 Å². The highest BCUT2D eigenvalue weighted by atomic mass is 35.5. The van der Waals surface area contributed by atoms with Gasteiger partial charge in [-0.05, 0) is 29.8 Å². The molecule has 0 spiro atoms. The number of hydrogen-bond donors (Lipinski definition) is 1. The largest absolute Gasteiger partial charge is 0.345 e. The number of H-pyrrole nitrogens is 1. The molecule has 1 aromatic carbocycles. The maximum Gasteiger partial charge on any atom is 0.129 e. The Bertz CT molecular complexity index is 475. The van der Waals surface area contributed by atoms with Crippen molar-refractivity contribution in [3.8, 4) is 0 Å². The average molecular weight is 239 g/mol. The zero-order chi connectivity index (χ0) is 10.7. The van der Waals surface area contributed by atoms with Gasteiger partial charge in [0.1, 0.15) is 5.82 Å². The van der Waals surface area contributed by atoms with Gasteiger partial charge in [0.15, 0.2) is 0 Å². The van der Waals surface area contributed by atoms with Crippen molar-refractivity contribution in [1.82, 2.24) is 9.97 Å². The van der Waals surface area contributed by atoms with Crippen LogP contribution in [0.3, 0.4) is 0 Å². The minimum atomic E-state index is 0.630. The summed E-state index contributed by atoms with van der Waals surface area (Å²) in [6.45, 7) is 0. The molecule has 1 heterocycles. The molecule has 2 rings (SSSR count). The molecule has 0 amide bonds. The van der Waals surface area contributed by atoms with Crippen LogP contribution < -0.4 is 0 Å². The van der Waals surface area contributed by atoms with Crippen LogP contribution in [-0.4, -0.2) is 9.97 Å². The Hall–Kier alpha value is -1.25. The molecule has 2 nitrogen and oxygen atoms in total. The van der Waals surface area contributed by atoms with E-state index in [0.717, 1.165) is 11.4 Å². The van der Waals surface area contributed by atoms with Crippen molar-refractivity contribution in [1.29, 1.82) is 0 Å². The third kappa shape index (κ3) is 2.61. The molecule has 0 saturated heterocycles. The summed E-state index contributed by atoms with van der Waals surface area (Å²) in [6, 6.07) is 5.38. The second-order valence-electron chi connectivity index (χ2n) is 2.97. The molecule has 1 N–H and O–H groups in total. The van der Waals surface area contributed by atoms with Gasteiger partial charge in [0, 0.05) is 22.4 Å². The lowest BCUT2D eigenvalue weighted by atomic mass is 10.2. The molecule has 0 atom stereocenters. The third-order valence-electron chi connectivity index (χ3n) is 1.90. The predicted octanol–water partition coefficient (Wildman–Crippen LogP) is 3.89. The summed E-state index contributed by atoms with van der Waals surface area (Å²) >= 11 is 11.8. The molecule has 15 heavy (non-hydrogen) atoms. The standard InChI is InChI=1S/C11H8Cl2N2/c12-9-3-1-8(10(13)7-9)2-4-11-14-5-6-15-11/h1-7H,(H,14,15). The van der Waals surface area contributed by atoms with E-state index >= 15 is 0 Å². The molecule has 0 aliphatic carbocycles. The quantitative estimate of drug-likeness (QED) is 0.846. The first-order valence-corrected chi connectivity index (χ1v) is 5.14. The van der Waals surface area contributed by atoms with Gasteiger partial charge in [0.05, 0.1) is 0 Å². The Balaban J connectivity index is 2.24. The Morgan fingerprint density at radius 1 is 1.20 bits per heavy atom. The number of imidazole rings is 1. The van der Waals surface area contributed by atoms with Gasteiger partial charge >= 0.3 is 0 Å².